The normalized spacial score (nSPS) is 22.5. The number of imide groups is 1. The molecule has 3 unspecified atom stereocenters. The molecule has 0 bridgehead atoms. The average Bonchev–Trinajstić information content (AvgIpc) is 3.16. The Kier molecular flexibility index (Phi) is 7.08. The highest BCUT2D eigenvalue weighted by atomic mass is 32.2. The van der Waals surface area contributed by atoms with Gasteiger partial charge in [0.2, 0.25) is 0 Å². The fourth-order valence-electron chi connectivity index (χ4n) is 4.36. The van der Waals surface area contributed by atoms with Crippen LogP contribution in [0.1, 0.15) is 48.5 Å². The van der Waals surface area contributed by atoms with Gasteiger partial charge in [-0.2, -0.15) is 9.28 Å². The number of ketones is 1. The molecule has 1 N–H and O–H groups in total. The summed E-state index contributed by atoms with van der Waals surface area (Å²) in [4.78, 5) is 52.0. The van der Waals surface area contributed by atoms with Crippen molar-refractivity contribution in [3.63, 3.8) is 0 Å². The predicted molar refractivity (Wildman–Crippen MR) is 119 cm³/mol. The van der Waals surface area contributed by atoms with E-state index in [9.17, 15) is 24.3 Å². The maximum Gasteiger partial charge on any atom is 0.521 e. The van der Waals surface area contributed by atoms with E-state index < -0.39 is 33.7 Å². The molecule has 0 aliphatic carbocycles. The van der Waals surface area contributed by atoms with Crippen LogP contribution < -0.4 is 0 Å². The Morgan fingerprint density at radius 2 is 1.58 bits per heavy atom. The predicted octanol–water partition coefficient (Wildman–Crippen LogP) is 4.51. The first-order valence-electron chi connectivity index (χ1n) is 10.3. The van der Waals surface area contributed by atoms with Crippen molar-refractivity contribution in [2.45, 2.75) is 43.9 Å². The minimum atomic E-state index is -1.21. The minimum Gasteiger partial charge on any atom is -0.435 e. The molecule has 3 rings (SSSR count). The zero-order valence-corrected chi connectivity index (χ0v) is 18.4. The molecule has 1 saturated heterocycles. The molecule has 1 heterocycles. The lowest BCUT2D eigenvalue weighted by Crippen LogP contribution is -2.61. The molecule has 31 heavy (non-hydrogen) atoms. The third-order valence-corrected chi connectivity index (χ3v) is 7.03. The standard InChI is InChI=1S/C24H25NO5S/c1-16-10-9-15-25(16,24(29)30)23(28)20(18-11-5-3-6-12-18)22(31-17(2)26)21(27)19-13-7-4-8-14-19/h3-8,11-14,16,20,22H,9-10,15H2,1-2H3/p+1/t16-,20?,22?,25?/m1/s1. The maximum absolute atomic E-state index is 14.0. The van der Waals surface area contributed by atoms with Gasteiger partial charge in [0, 0.05) is 25.3 Å². The van der Waals surface area contributed by atoms with E-state index in [1.165, 1.54) is 6.92 Å². The van der Waals surface area contributed by atoms with Gasteiger partial charge in [-0.25, -0.2) is 4.79 Å². The smallest absolute Gasteiger partial charge is 0.435 e. The highest BCUT2D eigenvalue weighted by molar-refractivity contribution is 8.14. The lowest BCUT2D eigenvalue weighted by Gasteiger charge is -2.35. The van der Waals surface area contributed by atoms with Crippen LogP contribution in [0.3, 0.4) is 0 Å². The van der Waals surface area contributed by atoms with Gasteiger partial charge in [-0.3, -0.25) is 9.59 Å². The number of nitrogens with zero attached hydrogens (tertiary/aromatic N) is 1. The van der Waals surface area contributed by atoms with Gasteiger partial charge in [-0.15, -0.1) is 0 Å². The number of hydrogen-bond acceptors (Lipinski definition) is 5. The number of carbonyl (C=O) groups is 4. The van der Waals surface area contributed by atoms with E-state index in [2.05, 4.69) is 0 Å². The molecule has 0 aromatic heterocycles. The van der Waals surface area contributed by atoms with Crippen LogP contribution in [-0.4, -0.2) is 50.3 Å². The van der Waals surface area contributed by atoms with Crippen molar-refractivity contribution >= 4 is 34.7 Å². The summed E-state index contributed by atoms with van der Waals surface area (Å²) in [5.41, 5.74) is 0.916. The molecule has 2 aromatic rings. The second kappa shape index (κ2) is 9.58. The number of amides is 2. The van der Waals surface area contributed by atoms with Crippen LogP contribution in [0.2, 0.25) is 0 Å². The number of hydrogen-bond donors (Lipinski definition) is 1. The highest BCUT2D eigenvalue weighted by Gasteiger charge is 2.57. The van der Waals surface area contributed by atoms with Gasteiger partial charge in [0.25, 0.3) is 0 Å². The fraction of sp³-hybridized carbons (Fsp3) is 0.333. The Balaban J connectivity index is 2.16. The lowest BCUT2D eigenvalue weighted by molar-refractivity contribution is -0.793. The van der Waals surface area contributed by atoms with Gasteiger partial charge >= 0.3 is 12.0 Å². The molecule has 0 saturated carbocycles. The molecule has 1 aliphatic rings. The number of Topliss-reactive ketones (excluding diaryl/α,β-unsaturated/α-hetero) is 1. The van der Waals surface area contributed by atoms with E-state index in [0.717, 1.165) is 11.8 Å². The van der Waals surface area contributed by atoms with Crippen LogP contribution in [0.5, 0.6) is 0 Å². The van der Waals surface area contributed by atoms with Gasteiger partial charge in [0.15, 0.2) is 10.9 Å². The van der Waals surface area contributed by atoms with E-state index in [4.69, 9.17) is 0 Å². The molecule has 7 heteroatoms. The summed E-state index contributed by atoms with van der Waals surface area (Å²) in [7, 11) is 0. The number of benzene rings is 2. The molecular weight excluding hydrogens is 414 g/mol. The molecule has 162 valence electrons. The van der Waals surface area contributed by atoms with Gasteiger partial charge < -0.3 is 5.11 Å². The summed E-state index contributed by atoms with van der Waals surface area (Å²) in [5.74, 6) is -1.98. The third kappa shape index (κ3) is 4.48. The van der Waals surface area contributed by atoms with E-state index in [1.807, 2.05) is 0 Å². The van der Waals surface area contributed by atoms with Crippen LogP contribution in [0.15, 0.2) is 60.7 Å². The van der Waals surface area contributed by atoms with Crippen molar-refractivity contribution in [1.29, 1.82) is 0 Å². The van der Waals surface area contributed by atoms with Crippen molar-refractivity contribution in [3.05, 3.63) is 71.8 Å². The Morgan fingerprint density at radius 3 is 2.06 bits per heavy atom. The lowest BCUT2D eigenvalue weighted by atomic mass is 9.88. The molecule has 1 aliphatic heterocycles. The van der Waals surface area contributed by atoms with Crippen LogP contribution >= 0.6 is 11.8 Å². The first kappa shape index (κ1) is 22.9. The summed E-state index contributed by atoms with van der Waals surface area (Å²) in [6.45, 7) is 3.28. The van der Waals surface area contributed by atoms with Gasteiger partial charge in [0.05, 0.1) is 11.8 Å². The first-order chi connectivity index (χ1) is 14.8. The monoisotopic (exact) mass is 440 g/mol. The minimum absolute atomic E-state index is 0.176. The van der Waals surface area contributed by atoms with Crippen LogP contribution in [-0.2, 0) is 9.59 Å². The molecule has 0 spiro atoms. The SMILES string of the molecule is CC(=O)SC(C(=O)c1ccccc1)C(C(=O)[N+]1(C(=O)O)CCC[C@H]1C)c1ccccc1. The van der Waals surface area contributed by atoms with E-state index in [-0.39, 0.29) is 17.4 Å². The fourth-order valence-corrected chi connectivity index (χ4v) is 5.37. The molecule has 0 radical (unpaired) electrons. The molecule has 4 atom stereocenters. The molecular formula is C24H26NO5S+. The van der Waals surface area contributed by atoms with Crippen molar-refractivity contribution < 1.29 is 28.8 Å². The zero-order chi connectivity index (χ0) is 22.6. The molecule has 1 fully saturated rings. The summed E-state index contributed by atoms with van der Waals surface area (Å²) in [6.07, 6.45) is 0.00356. The van der Waals surface area contributed by atoms with Crippen molar-refractivity contribution in [2.75, 3.05) is 6.54 Å². The zero-order valence-electron chi connectivity index (χ0n) is 17.6. The number of quaternary nitrogens is 1. The number of likely N-dealkylation sites (tertiary alicyclic amines) is 1. The van der Waals surface area contributed by atoms with E-state index >= 15 is 0 Å². The summed E-state index contributed by atoms with van der Waals surface area (Å²) in [5, 5.41) is 8.75. The van der Waals surface area contributed by atoms with Crippen LogP contribution in [0, 0.1) is 0 Å². The van der Waals surface area contributed by atoms with Gasteiger partial charge in [0.1, 0.15) is 12.0 Å². The second-order valence-corrected chi connectivity index (χ2v) is 9.17. The maximum atomic E-state index is 14.0. The summed E-state index contributed by atoms with van der Waals surface area (Å²) in [6, 6.07) is 16.8. The number of carboxylic acid groups (broad SMARTS) is 1. The summed E-state index contributed by atoms with van der Waals surface area (Å²) >= 11 is 0.792. The quantitative estimate of drug-likeness (QED) is 0.525. The van der Waals surface area contributed by atoms with E-state index in [1.54, 1.807) is 67.6 Å². The molecule has 2 aromatic carbocycles. The molecule has 2 amide bonds. The highest BCUT2D eigenvalue weighted by Crippen LogP contribution is 2.39. The Labute approximate surface area is 185 Å². The van der Waals surface area contributed by atoms with E-state index in [0.29, 0.717) is 24.0 Å². The van der Waals surface area contributed by atoms with Gasteiger partial charge in [-0.05, 0) is 12.5 Å². The van der Waals surface area contributed by atoms with Crippen LogP contribution in [0.4, 0.5) is 4.79 Å². The van der Waals surface area contributed by atoms with Crippen LogP contribution in [0.25, 0.3) is 0 Å². The number of rotatable bonds is 6. The number of thioether (sulfide) groups is 1. The van der Waals surface area contributed by atoms with Gasteiger partial charge in [-0.1, -0.05) is 72.4 Å². The van der Waals surface area contributed by atoms with Crippen molar-refractivity contribution in [1.82, 2.24) is 0 Å². The topological polar surface area (TPSA) is 88.5 Å². The summed E-state index contributed by atoms with van der Waals surface area (Å²) < 4.78 is -0.726. The largest absolute Gasteiger partial charge is 0.521 e. The second-order valence-electron chi connectivity index (χ2n) is 7.85. The molecule has 6 nitrogen and oxygen atoms in total. The van der Waals surface area contributed by atoms with Crippen molar-refractivity contribution in [2.24, 2.45) is 0 Å². The number of carbonyl (C=O) groups excluding carboxylic acids is 3. The third-order valence-electron chi connectivity index (χ3n) is 5.96. The Bertz CT molecular complexity index is 978. The average molecular weight is 441 g/mol. The first-order valence-corrected chi connectivity index (χ1v) is 11.1. The van der Waals surface area contributed by atoms with Crippen molar-refractivity contribution in [3.8, 4) is 0 Å². The Hall–Kier alpha value is -2.77. The Morgan fingerprint density at radius 1 is 1.00 bits per heavy atom.